The number of carbonyl (C=O) groups is 3. The smallest absolute Gasteiger partial charge is 0.240 e. The molecule has 2 atom stereocenters. The van der Waals surface area contributed by atoms with Crippen molar-refractivity contribution in [3.63, 3.8) is 0 Å². The number of hydrogen-bond acceptors (Lipinski definition) is 3. The van der Waals surface area contributed by atoms with Crippen molar-refractivity contribution in [2.45, 2.75) is 38.5 Å². The molecule has 24 heavy (non-hydrogen) atoms. The van der Waals surface area contributed by atoms with Crippen molar-refractivity contribution in [3.05, 3.63) is 35.9 Å². The first-order valence-electron chi connectivity index (χ1n) is 8.82. The topological polar surface area (TPSA) is 66.5 Å². The van der Waals surface area contributed by atoms with Gasteiger partial charge in [-0.3, -0.25) is 19.3 Å². The largest absolute Gasteiger partial charge is 0.355 e. The van der Waals surface area contributed by atoms with Crippen LogP contribution in [0, 0.1) is 11.8 Å². The summed E-state index contributed by atoms with van der Waals surface area (Å²) in [5.41, 5.74) is 1.24. The van der Waals surface area contributed by atoms with Crippen LogP contribution in [0.25, 0.3) is 0 Å². The monoisotopic (exact) mass is 328 g/mol. The fraction of sp³-hybridized carbons (Fsp3) is 0.526. The molecule has 0 spiro atoms. The maximum Gasteiger partial charge on any atom is 0.240 e. The number of aryl methyl sites for hydroxylation is 1. The Labute approximate surface area is 142 Å². The highest BCUT2D eigenvalue weighted by Gasteiger charge is 2.48. The van der Waals surface area contributed by atoms with E-state index in [4.69, 9.17) is 0 Å². The Kier molecular flexibility index (Phi) is 5.28. The normalized spacial score (nSPS) is 23.2. The van der Waals surface area contributed by atoms with Crippen LogP contribution in [0.4, 0.5) is 0 Å². The molecule has 1 aliphatic heterocycles. The lowest BCUT2D eigenvalue weighted by Crippen LogP contribution is -2.41. The summed E-state index contributed by atoms with van der Waals surface area (Å²) in [6.07, 6.45) is 5.30. The maximum atomic E-state index is 12.3. The molecule has 3 rings (SSSR count). The Morgan fingerprint density at radius 3 is 2.29 bits per heavy atom. The van der Waals surface area contributed by atoms with Crippen LogP contribution in [0.1, 0.15) is 37.7 Å². The number of carbonyl (C=O) groups excluding carboxylic acids is 3. The highest BCUT2D eigenvalue weighted by atomic mass is 16.2. The minimum atomic E-state index is -0.247. The summed E-state index contributed by atoms with van der Waals surface area (Å²) in [5.74, 6) is -0.911. The van der Waals surface area contributed by atoms with E-state index in [1.54, 1.807) is 0 Å². The predicted octanol–water partition coefficient (Wildman–Crippen LogP) is 1.91. The van der Waals surface area contributed by atoms with Gasteiger partial charge in [0.05, 0.1) is 11.8 Å². The number of fused-ring (bicyclic) bond motifs is 1. The fourth-order valence-corrected chi connectivity index (χ4v) is 3.75. The second-order valence-corrected chi connectivity index (χ2v) is 6.70. The van der Waals surface area contributed by atoms with Gasteiger partial charge in [-0.25, -0.2) is 0 Å². The molecular weight excluding hydrogens is 304 g/mol. The lowest BCUT2D eigenvalue weighted by atomic mass is 9.81. The Balaban J connectivity index is 1.43. The minimum absolute atomic E-state index is 0.129. The third-order valence-electron chi connectivity index (χ3n) is 5.04. The molecule has 0 aromatic heterocycles. The lowest BCUT2D eigenvalue weighted by molar-refractivity contribution is -0.143. The van der Waals surface area contributed by atoms with E-state index in [1.807, 2.05) is 18.2 Å². The highest BCUT2D eigenvalue weighted by Crippen LogP contribution is 2.37. The van der Waals surface area contributed by atoms with E-state index < -0.39 is 0 Å². The molecule has 2 unspecified atom stereocenters. The van der Waals surface area contributed by atoms with Crippen LogP contribution in [0.2, 0.25) is 0 Å². The van der Waals surface area contributed by atoms with E-state index in [9.17, 15) is 14.4 Å². The van der Waals surface area contributed by atoms with Crippen LogP contribution in [0.3, 0.4) is 0 Å². The van der Waals surface area contributed by atoms with E-state index in [1.165, 1.54) is 10.5 Å². The SMILES string of the molecule is O=C(CN1C(=O)C2CCCCC2C1=O)NCCCc1ccccc1. The summed E-state index contributed by atoms with van der Waals surface area (Å²) in [4.78, 5) is 37.9. The first-order chi connectivity index (χ1) is 11.7. The first-order valence-corrected chi connectivity index (χ1v) is 8.82. The summed E-state index contributed by atoms with van der Waals surface area (Å²) >= 11 is 0. The van der Waals surface area contributed by atoms with Crippen molar-refractivity contribution in [2.24, 2.45) is 11.8 Å². The number of amides is 3. The average Bonchev–Trinajstić information content (AvgIpc) is 2.85. The molecule has 0 bridgehead atoms. The van der Waals surface area contributed by atoms with Crippen molar-refractivity contribution < 1.29 is 14.4 Å². The zero-order valence-corrected chi connectivity index (χ0v) is 13.9. The van der Waals surface area contributed by atoms with Crippen LogP contribution < -0.4 is 5.32 Å². The lowest BCUT2D eigenvalue weighted by Gasteiger charge is -2.19. The van der Waals surface area contributed by atoms with Gasteiger partial charge in [0, 0.05) is 6.54 Å². The molecular formula is C19H24N2O3. The summed E-state index contributed by atoms with van der Waals surface area (Å²) in [7, 11) is 0. The van der Waals surface area contributed by atoms with Crippen molar-refractivity contribution in [3.8, 4) is 0 Å². The van der Waals surface area contributed by atoms with E-state index in [0.717, 1.165) is 38.5 Å². The Morgan fingerprint density at radius 2 is 1.67 bits per heavy atom. The molecule has 2 fully saturated rings. The molecule has 1 aromatic rings. The van der Waals surface area contributed by atoms with Crippen LogP contribution in [0.15, 0.2) is 30.3 Å². The Hall–Kier alpha value is -2.17. The maximum absolute atomic E-state index is 12.3. The average molecular weight is 328 g/mol. The van der Waals surface area contributed by atoms with Crippen LogP contribution in [-0.4, -0.2) is 35.7 Å². The molecule has 1 saturated carbocycles. The van der Waals surface area contributed by atoms with Crippen LogP contribution >= 0.6 is 0 Å². The molecule has 2 aliphatic rings. The number of nitrogens with zero attached hydrogens (tertiary/aromatic N) is 1. The molecule has 3 amide bonds. The van der Waals surface area contributed by atoms with Gasteiger partial charge in [0.1, 0.15) is 6.54 Å². The standard InChI is InChI=1S/C19H24N2O3/c22-17(20-12-6-9-14-7-2-1-3-8-14)13-21-18(23)15-10-4-5-11-16(15)19(21)24/h1-3,7-8,15-16H,4-6,9-13H2,(H,20,22). The van der Waals surface area contributed by atoms with E-state index >= 15 is 0 Å². The van der Waals surface area contributed by atoms with Gasteiger partial charge in [-0.1, -0.05) is 43.2 Å². The van der Waals surface area contributed by atoms with Gasteiger partial charge >= 0.3 is 0 Å². The highest BCUT2D eigenvalue weighted by molar-refractivity contribution is 6.07. The quantitative estimate of drug-likeness (QED) is 0.641. The summed E-state index contributed by atoms with van der Waals surface area (Å²) in [5, 5.41) is 2.82. The second-order valence-electron chi connectivity index (χ2n) is 6.70. The van der Waals surface area contributed by atoms with Crippen LogP contribution in [-0.2, 0) is 20.8 Å². The van der Waals surface area contributed by atoms with Gasteiger partial charge in [-0.2, -0.15) is 0 Å². The van der Waals surface area contributed by atoms with Gasteiger partial charge in [-0.05, 0) is 31.2 Å². The number of hydrogen-bond donors (Lipinski definition) is 1. The summed E-state index contributed by atoms with van der Waals surface area (Å²) in [6.45, 7) is 0.423. The van der Waals surface area contributed by atoms with Gasteiger partial charge in [0.25, 0.3) is 0 Å². The number of rotatable bonds is 6. The Bertz CT molecular complexity index is 590. The molecule has 0 radical (unpaired) electrons. The minimum Gasteiger partial charge on any atom is -0.355 e. The molecule has 5 heteroatoms. The molecule has 128 valence electrons. The van der Waals surface area contributed by atoms with Crippen molar-refractivity contribution >= 4 is 17.7 Å². The number of benzene rings is 1. The van der Waals surface area contributed by atoms with Gasteiger partial charge in [0.15, 0.2) is 0 Å². The van der Waals surface area contributed by atoms with Gasteiger partial charge in [-0.15, -0.1) is 0 Å². The Morgan fingerprint density at radius 1 is 1.04 bits per heavy atom. The van der Waals surface area contributed by atoms with Gasteiger partial charge < -0.3 is 5.32 Å². The fourth-order valence-electron chi connectivity index (χ4n) is 3.75. The number of likely N-dealkylation sites (tertiary alicyclic amines) is 1. The molecule has 1 saturated heterocycles. The zero-order chi connectivity index (χ0) is 16.9. The van der Waals surface area contributed by atoms with Crippen molar-refractivity contribution in [1.82, 2.24) is 10.2 Å². The van der Waals surface area contributed by atoms with E-state index in [0.29, 0.717) is 6.54 Å². The third-order valence-corrected chi connectivity index (χ3v) is 5.04. The predicted molar refractivity (Wildman–Crippen MR) is 89.9 cm³/mol. The summed E-state index contributed by atoms with van der Waals surface area (Å²) in [6, 6.07) is 10.1. The molecule has 1 heterocycles. The van der Waals surface area contributed by atoms with Crippen molar-refractivity contribution in [2.75, 3.05) is 13.1 Å². The zero-order valence-electron chi connectivity index (χ0n) is 13.9. The summed E-state index contributed by atoms with van der Waals surface area (Å²) < 4.78 is 0. The van der Waals surface area contributed by atoms with Crippen LogP contribution in [0.5, 0.6) is 0 Å². The van der Waals surface area contributed by atoms with E-state index in [2.05, 4.69) is 17.4 Å². The second kappa shape index (κ2) is 7.60. The molecule has 1 N–H and O–H groups in total. The number of imide groups is 1. The molecule has 1 aromatic carbocycles. The molecule has 5 nitrogen and oxygen atoms in total. The number of nitrogens with one attached hydrogen (secondary N) is 1. The molecule has 1 aliphatic carbocycles. The third kappa shape index (κ3) is 3.66. The van der Waals surface area contributed by atoms with Crippen molar-refractivity contribution in [1.29, 1.82) is 0 Å². The first kappa shape index (κ1) is 16.7. The van der Waals surface area contributed by atoms with Gasteiger partial charge in [0.2, 0.25) is 17.7 Å². The van der Waals surface area contributed by atoms with E-state index in [-0.39, 0.29) is 36.1 Å².